The molecule has 2 nitrogen and oxygen atoms in total. The van der Waals surface area contributed by atoms with Crippen LogP contribution in [0.5, 0.6) is 0 Å². The Kier molecular flexibility index (Phi) is 5.93. The van der Waals surface area contributed by atoms with Gasteiger partial charge in [-0.2, -0.15) is 0 Å². The second-order valence-corrected chi connectivity index (χ2v) is 7.33. The summed E-state index contributed by atoms with van der Waals surface area (Å²) in [6.45, 7) is 8.66. The Morgan fingerprint density at radius 1 is 1.56 bits per heavy atom. The number of ketones is 1. The number of carbonyl (C=O) groups excluding carboxylic acids is 1. The van der Waals surface area contributed by atoms with Crippen LogP contribution in [0.1, 0.15) is 40.5 Å². The lowest BCUT2D eigenvalue weighted by Gasteiger charge is -2.41. The highest BCUT2D eigenvalue weighted by Crippen LogP contribution is 2.44. The minimum Gasteiger partial charge on any atom is -0.396 e. The molecular weight excluding hydrogens is 244 g/mol. The van der Waals surface area contributed by atoms with Crippen LogP contribution in [0.2, 0.25) is 0 Å². The summed E-state index contributed by atoms with van der Waals surface area (Å²) in [6.07, 6.45) is 6.57. The molecule has 1 aliphatic carbocycles. The Labute approximate surface area is 115 Å². The van der Waals surface area contributed by atoms with Crippen LogP contribution in [0.15, 0.2) is 12.2 Å². The second-order valence-electron chi connectivity index (χ2n) is 6.02. The molecule has 0 heterocycles. The molecule has 1 N–H and O–H groups in total. The molecule has 0 fully saturated rings. The van der Waals surface area contributed by atoms with Gasteiger partial charge in [0.2, 0.25) is 0 Å². The molecule has 3 unspecified atom stereocenters. The van der Waals surface area contributed by atoms with Crippen molar-refractivity contribution in [2.45, 2.75) is 45.8 Å². The lowest BCUT2D eigenvalue weighted by Crippen LogP contribution is -2.35. The van der Waals surface area contributed by atoms with Gasteiger partial charge in [0, 0.05) is 5.75 Å². The molecule has 0 radical (unpaired) electrons. The summed E-state index contributed by atoms with van der Waals surface area (Å²) in [5.41, 5.74) is 0.266. The van der Waals surface area contributed by atoms with Gasteiger partial charge in [-0.1, -0.05) is 32.9 Å². The van der Waals surface area contributed by atoms with Gasteiger partial charge < -0.3 is 5.11 Å². The lowest BCUT2D eigenvalue weighted by atomic mass is 9.65. The molecule has 0 aliphatic heterocycles. The van der Waals surface area contributed by atoms with Gasteiger partial charge in [-0.15, -0.1) is 11.8 Å². The minimum absolute atomic E-state index is 0.0374. The van der Waals surface area contributed by atoms with Crippen molar-refractivity contribution in [1.29, 1.82) is 0 Å². The quantitative estimate of drug-likeness (QED) is 0.753. The van der Waals surface area contributed by atoms with E-state index in [1.54, 1.807) is 18.7 Å². The van der Waals surface area contributed by atoms with Gasteiger partial charge in [-0.05, 0) is 37.0 Å². The Hall–Kier alpha value is -0.280. The Morgan fingerprint density at radius 3 is 2.72 bits per heavy atom. The van der Waals surface area contributed by atoms with Gasteiger partial charge in [-0.25, -0.2) is 0 Å². The highest BCUT2D eigenvalue weighted by atomic mass is 32.2. The third-order valence-electron chi connectivity index (χ3n) is 4.05. The number of thioether (sulfide) groups is 1. The molecule has 0 aromatic rings. The lowest BCUT2D eigenvalue weighted by molar-refractivity contribution is -0.117. The summed E-state index contributed by atoms with van der Waals surface area (Å²) in [6, 6.07) is 0. The fourth-order valence-corrected chi connectivity index (χ4v) is 3.86. The zero-order valence-electron chi connectivity index (χ0n) is 12.0. The third-order valence-corrected chi connectivity index (χ3v) is 5.40. The number of hydrogen-bond donors (Lipinski definition) is 1. The van der Waals surface area contributed by atoms with Crippen molar-refractivity contribution < 1.29 is 9.90 Å². The van der Waals surface area contributed by atoms with E-state index in [4.69, 9.17) is 5.11 Å². The van der Waals surface area contributed by atoms with Crippen LogP contribution < -0.4 is 0 Å². The molecule has 0 aromatic heterocycles. The predicted molar refractivity (Wildman–Crippen MR) is 78.8 cm³/mol. The average molecular weight is 270 g/mol. The molecule has 1 aliphatic rings. The molecule has 3 atom stereocenters. The summed E-state index contributed by atoms with van der Waals surface area (Å²) in [4.78, 5) is 11.7. The summed E-state index contributed by atoms with van der Waals surface area (Å²) in [5, 5.41) is 8.95. The van der Waals surface area contributed by atoms with E-state index < -0.39 is 0 Å². The SMILES string of the molecule is CC(=O)C(CC1C(C)C=CCC1(C)C)SCCO. The molecule has 0 amide bonds. The number of aliphatic hydroxyl groups is 1. The van der Waals surface area contributed by atoms with Crippen molar-refractivity contribution in [1.82, 2.24) is 0 Å². The number of carbonyl (C=O) groups is 1. The third kappa shape index (κ3) is 4.13. The fourth-order valence-electron chi connectivity index (χ4n) is 2.89. The van der Waals surface area contributed by atoms with Gasteiger partial charge >= 0.3 is 0 Å². The van der Waals surface area contributed by atoms with E-state index in [-0.39, 0.29) is 23.1 Å². The van der Waals surface area contributed by atoms with Gasteiger partial charge in [-0.3, -0.25) is 4.79 Å². The van der Waals surface area contributed by atoms with Gasteiger partial charge in [0.1, 0.15) is 5.78 Å². The molecule has 0 saturated carbocycles. The summed E-state index contributed by atoms with van der Waals surface area (Å²) in [7, 11) is 0. The topological polar surface area (TPSA) is 37.3 Å². The smallest absolute Gasteiger partial charge is 0.142 e. The summed E-state index contributed by atoms with van der Waals surface area (Å²) < 4.78 is 0. The number of aliphatic hydroxyl groups excluding tert-OH is 1. The summed E-state index contributed by atoms with van der Waals surface area (Å²) in [5.74, 6) is 1.97. The van der Waals surface area contributed by atoms with Gasteiger partial charge in [0.15, 0.2) is 0 Å². The van der Waals surface area contributed by atoms with Gasteiger partial charge in [0.25, 0.3) is 0 Å². The normalized spacial score (nSPS) is 28.1. The number of hydrogen-bond acceptors (Lipinski definition) is 3. The average Bonchev–Trinajstić information content (AvgIpc) is 2.26. The van der Waals surface area contributed by atoms with Crippen molar-refractivity contribution >= 4 is 17.5 Å². The maximum absolute atomic E-state index is 11.7. The van der Waals surface area contributed by atoms with Crippen molar-refractivity contribution in [3.8, 4) is 0 Å². The van der Waals surface area contributed by atoms with E-state index in [1.807, 2.05) is 0 Å². The van der Waals surface area contributed by atoms with Crippen LogP contribution in [0.25, 0.3) is 0 Å². The molecule has 0 spiro atoms. The number of rotatable bonds is 6. The standard InChI is InChI=1S/C15H26O2S/c1-11-6-5-7-15(3,4)13(11)10-14(12(2)17)18-9-8-16/h5-6,11,13-14,16H,7-10H2,1-4H3. The van der Waals surface area contributed by atoms with E-state index >= 15 is 0 Å². The van der Waals surface area contributed by atoms with E-state index in [9.17, 15) is 4.79 Å². The highest BCUT2D eigenvalue weighted by Gasteiger charge is 2.36. The first kappa shape index (κ1) is 15.8. The first-order chi connectivity index (χ1) is 8.38. The zero-order chi connectivity index (χ0) is 13.8. The van der Waals surface area contributed by atoms with Crippen LogP contribution in [0, 0.1) is 17.3 Å². The minimum atomic E-state index is 0.0374. The van der Waals surface area contributed by atoms with Crippen molar-refractivity contribution in [2.75, 3.05) is 12.4 Å². The van der Waals surface area contributed by atoms with E-state index in [1.165, 1.54) is 0 Å². The molecule has 0 saturated heterocycles. The molecule has 104 valence electrons. The van der Waals surface area contributed by atoms with Crippen molar-refractivity contribution in [3.05, 3.63) is 12.2 Å². The molecule has 1 rings (SSSR count). The first-order valence-corrected chi connectivity index (χ1v) is 7.83. The van der Waals surface area contributed by atoms with Gasteiger partial charge in [0.05, 0.1) is 11.9 Å². The van der Waals surface area contributed by atoms with Crippen molar-refractivity contribution in [2.24, 2.45) is 17.3 Å². The molecular formula is C15H26O2S. The van der Waals surface area contributed by atoms with E-state index in [0.717, 1.165) is 12.8 Å². The van der Waals surface area contributed by atoms with Crippen LogP contribution in [-0.4, -0.2) is 28.5 Å². The van der Waals surface area contributed by atoms with Crippen LogP contribution >= 0.6 is 11.8 Å². The highest BCUT2D eigenvalue weighted by molar-refractivity contribution is 8.00. The first-order valence-electron chi connectivity index (χ1n) is 6.78. The van der Waals surface area contributed by atoms with Crippen LogP contribution in [0.4, 0.5) is 0 Å². The maximum Gasteiger partial charge on any atom is 0.142 e. The largest absolute Gasteiger partial charge is 0.396 e. The zero-order valence-corrected chi connectivity index (χ0v) is 12.8. The van der Waals surface area contributed by atoms with Crippen LogP contribution in [0.3, 0.4) is 0 Å². The number of allylic oxidation sites excluding steroid dienone is 2. The monoisotopic (exact) mass is 270 g/mol. The van der Waals surface area contributed by atoms with Crippen LogP contribution in [-0.2, 0) is 4.79 Å². The second kappa shape index (κ2) is 6.76. The maximum atomic E-state index is 11.7. The Morgan fingerprint density at radius 2 is 2.22 bits per heavy atom. The predicted octanol–water partition coefficient (Wildman–Crippen LogP) is 3.30. The fraction of sp³-hybridized carbons (Fsp3) is 0.800. The Balaban J connectivity index is 2.72. The molecule has 0 aromatic carbocycles. The molecule has 3 heteroatoms. The van der Waals surface area contributed by atoms with Crippen molar-refractivity contribution in [3.63, 3.8) is 0 Å². The Bertz CT molecular complexity index is 310. The van der Waals surface area contributed by atoms with E-state index in [0.29, 0.717) is 17.6 Å². The summed E-state index contributed by atoms with van der Waals surface area (Å²) >= 11 is 1.60. The molecule has 0 bridgehead atoms. The molecule has 18 heavy (non-hydrogen) atoms. The van der Waals surface area contributed by atoms with E-state index in [2.05, 4.69) is 32.9 Å². The number of Topliss-reactive ketones (excluding diaryl/α,β-unsaturated/α-hetero) is 1.